The Morgan fingerprint density at radius 2 is 1.78 bits per heavy atom. The predicted octanol–water partition coefficient (Wildman–Crippen LogP) is 3.51. The van der Waals surface area contributed by atoms with E-state index in [1.54, 1.807) is 25.1 Å². The number of urea groups is 1. The molecule has 0 aromatic heterocycles. The third kappa shape index (κ3) is 2.91. The van der Waals surface area contributed by atoms with Crippen LogP contribution < -0.4 is 14.8 Å². The smallest absolute Gasteiger partial charge is 0.325 e. The molecule has 0 bridgehead atoms. The van der Waals surface area contributed by atoms with Crippen LogP contribution in [0.2, 0.25) is 0 Å². The first kappa shape index (κ1) is 17.4. The normalized spacial score (nSPS) is 21.1. The molecule has 4 rings (SSSR count). The van der Waals surface area contributed by atoms with Crippen molar-refractivity contribution in [1.82, 2.24) is 10.2 Å². The lowest BCUT2D eigenvalue weighted by Gasteiger charge is -2.22. The van der Waals surface area contributed by atoms with E-state index in [1.165, 1.54) is 10.5 Å². The summed E-state index contributed by atoms with van der Waals surface area (Å²) in [5.74, 6) is 1.38. The number of nitrogens with one attached hydrogen (secondary N) is 1. The Kier molecular flexibility index (Phi) is 4.06. The third-order valence-electron chi connectivity index (χ3n) is 5.21. The summed E-state index contributed by atoms with van der Waals surface area (Å²) in [5, 5.41) is 2.83. The summed E-state index contributed by atoms with van der Waals surface area (Å²) in [6.45, 7) is 6.37. The number of carbonyl (C=O) groups excluding carboxylic acids is 2. The van der Waals surface area contributed by atoms with Crippen molar-refractivity contribution >= 4 is 11.9 Å². The van der Waals surface area contributed by atoms with E-state index in [1.807, 2.05) is 24.3 Å². The van der Waals surface area contributed by atoms with Crippen LogP contribution in [0.1, 0.15) is 43.4 Å². The van der Waals surface area contributed by atoms with E-state index in [4.69, 9.17) is 9.47 Å². The lowest BCUT2D eigenvalue weighted by Crippen LogP contribution is -2.40. The molecule has 140 valence electrons. The Hall–Kier alpha value is -3.02. The largest absolute Gasteiger partial charge is 0.454 e. The third-order valence-corrected chi connectivity index (χ3v) is 5.21. The van der Waals surface area contributed by atoms with Gasteiger partial charge in [0.05, 0.1) is 6.54 Å². The molecule has 1 N–H and O–H groups in total. The van der Waals surface area contributed by atoms with Crippen LogP contribution in [0.5, 0.6) is 11.5 Å². The first-order valence-electron chi connectivity index (χ1n) is 9.01. The molecule has 2 aromatic carbocycles. The van der Waals surface area contributed by atoms with Gasteiger partial charge in [-0.1, -0.05) is 44.2 Å². The van der Waals surface area contributed by atoms with Crippen molar-refractivity contribution in [2.24, 2.45) is 0 Å². The Balaban J connectivity index is 1.58. The number of rotatable bonds is 4. The summed E-state index contributed by atoms with van der Waals surface area (Å²) in [4.78, 5) is 26.9. The van der Waals surface area contributed by atoms with Crippen LogP contribution in [-0.4, -0.2) is 23.6 Å². The van der Waals surface area contributed by atoms with Crippen LogP contribution in [0.3, 0.4) is 0 Å². The first-order chi connectivity index (χ1) is 12.9. The van der Waals surface area contributed by atoms with E-state index < -0.39 is 11.6 Å². The molecule has 3 amide bonds. The molecule has 2 aliphatic heterocycles. The van der Waals surface area contributed by atoms with E-state index in [2.05, 4.69) is 19.2 Å². The quantitative estimate of drug-likeness (QED) is 0.841. The van der Waals surface area contributed by atoms with Crippen LogP contribution in [0.15, 0.2) is 42.5 Å². The monoisotopic (exact) mass is 366 g/mol. The van der Waals surface area contributed by atoms with Crippen molar-refractivity contribution in [3.05, 3.63) is 59.2 Å². The fourth-order valence-corrected chi connectivity index (χ4v) is 3.43. The highest BCUT2D eigenvalue weighted by Gasteiger charge is 2.49. The minimum atomic E-state index is -1.13. The van der Waals surface area contributed by atoms with E-state index in [9.17, 15) is 9.59 Å². The lowest BCUT2D eigenvalue weighted by atomic mass is 9.91. The molecule has 0 radical (unpaired) electrons. The van der Waals surface area contributed by atoms with Gasteiger partial charge in [0.2, 0.25) is 6.79 Å². The van der Waals surface area contributed by atoms with Gasteiger partial charge in [0.25, 0.3) is 5.91 Å². The maximum absolute atomic E-state index is 13.1. The molecule has 0 spiro atoms. The lowest BCUT2D eigenvalue weighted by molar-refractivity contribution is -0.131. The summed E-state index contributed by atoms with van der Waals surface area (Å²) < 4.78 is 10.7. The minimum Gasteiger partial charge on any atom is -0.454 e. The summed E-state index contributed by atoms with van der Waals surface area (Å²) in [6, 6.07) is 12.9. The number of imide groups is 1. The van der Waals surface area contributed by atoms with Crippen molar-refractivity contribution in [3.63, 3.8) is 0 Å². The van der Waals surface area contributed by atoms with Gasteiger partial charge in [-0.05, 0) is 41.7 Å². The number of nitrogens with zero attached hydrogens (tertiary/aromatic N) is 1. The number of hydrogen-bond donors (Lipinski definition) is 1. The van der Waals surface area contributed by atoms with Crippen molar-refractivity contribution in [2.75, 3.05) is 6.79 Å². The molecule has 1 saturated heterocycles. The molecule has 27 heavy (non-hydrogen) atoms. The Morgan fingerprint density at radius 1 is 1.07 bits per heavy atom. The number of amides is 3. The summed E-state index contributed by atoms with van der Waals surface area (Å²) in [5.41, 5.74) is 1.68. The van der Waals surface area contributed by atoms with Gasteiger partial charge >= 0.3 is 6.03 Å². The van der Waals surface area contributed by atoms with Crippen LogP contribution in [0.4, 0.5) is 4.79 Å². The number of carbonyl (C=O) groups is 2. The maximum Gasteiger partial charge on any atom is 0.325 e. The fraction of sp³-hybridized carbons (Fsp3) is 0.333. The average Bonchev–Trinajstić information content (AvgIpc) is 3.20. The second-order valence-corrected chi connectivity index (χ2v) is 7.41. The van der Waals surface area contributed by atoms with Crippen molar-refractivity contribution in [1.29, 1.82) is 0 Å². The molecule has 6 nitrogen and oxygen atoms in total. The first-order valence-corrected chi connectivity index (χ1v) is 9.01. The van der Waals surface area contributed by atoms with Crippen molar-refractivity contribution in [2.45, 2.75) is 38.8 Å². The number of ether oxygens (including phenoxy) is 2. The molecule has 0 unspecified atom stereocenters. The Morgan fingerprint density at radius 3 is 2.48 bits per heavy atom. The highest BCUT2D eigenvalue weighted by molar-refractivity contribution is 6.07. The zero-order valence-corrected chi connectivity index (χ0v) is 15.6. The van der Waals surface area contributed by atoms with E-state index in [0.717, 1.165) is 5.56 Å². The van der Waals surface area contributed by atoms with Crippen LogP contribution >= 0.6 is 0 Å². The van der Waals surface area contributed by atoms with Gasteiger partial charge in [0.15, 0.2) is 11.5 Å². The molecule has 1 fully saturated rings. The predicted molar refractivity (Wildman–Crippen MR) is 99.5 cm³/mol. The number of fused-ring (bicyclic) bond motifs is 1. The molecule has 2 heterocycles. The topological polar surface area (TPSA) is 67.9 Å². The molecule has 2 aliphatic rings. The molecular formula is C21H22N2O4. The van der Waals surface area contributed by atoms with Crippen molar-refractivity contribution in [3.8, 4) is 11.5 Å². The second kappa shape index (κ2) is 6.30. The molecule has 0 aliphatic carbocycles. The SMILES string of the molecule is CC(C)c1ccc(CN2C(=O)N[C@](C)(c3ccc4c(c3)OCO4)C2=O)cc1. The highest BCUT2D eigenvalue weighted by atomic mass is 16.7. The fourth-order valence-electron chi connectivity index (χ4n) is 3.43. The highest BCUT2D eigenvalue weighted by Crippen LogP contribution is 2.38. The van der Waals surface area contributed by atoms with Gasteiger partial charge in [-0.3, -0.25) is 9.69 Å². The van der Waals surface area contributed by atoms with Gasteiger partial charge < -0.3 is 14.8 Å². The molecule has 2 aromatic rings. The van der Waals surface area contributed by atoms with Gasteiger partial charge in [-0.15, -0.1) is 0 Å². The summed E-state index contributed by atoms with van der Waals surface area (Å²) in [7, 11) is 0. The maximum atomic E-state index is 13.1. The average molecular weight is 366 g/mol. The van der Waals surface area contributed by atoms with Crippen LogP contribution in [0, 0.1) is 0 Å². The molecular weight excluding hydrogens is 344 g/mol. The van der Waals surface area contributed by atoms with Gasteiger partial charge in [0.1, 0.15) is 5.54 Å². The van der Waals surface area contributed by atoms with Gasteiger partial charge in [-0.25, -0.2) is 4.79 Å². The summed E-state index contributed by atoms with van der Waals surface area (Å²) >= 11 is 0. The second-order valence-electron chi connectivity index (χ2n) is 7.41. The minimum absolute atomic E-state index is 0.161. The summed E-state index contributed by atoms with van der Waals surface area (Å²) in [6.07, 6.45) is 0. The zero-order valence-electron chi connectivity index (χ0n) is 15.6. The zero-order chi connectivity index (χ0) is 19.2. The number of hydrogen-bond acceptors (Lipinski definition) is 4. The van der Waals surface area contributed by atoms with Crippen LogP contribution in [-0.2, 0) is 16.9 Å². The van der Waals surface area contributed by atoms with Gasteiger partial charge in [0, 0.05) is 0 Å². The Labute approximate surface area is 158 Å². The van der Waals surface area contributed by atoms with Crippen molar-refractivity contribution < 1.29 is 19.1 Å². The van der Waals surface area contributed by atoms with E-state index >= 15 is 0 Å². The number of benzene rings is 2. The molecule has 6 heteroatoms. The van der Waals surface area contributed by atoms with Crippen LogP contribution in [0.25, 0.3) is 0 Å². The van der Waals surface area contributed by atoms with E-state index in [0.29, 0.717) is 23.0 Å². The molecule has 0 saturated carbocycles. The Bertz CT molecular complexity index is 907. The standard InChI is InChI=1S/C21H22N2O4/c1-13(2)15-6-4-14(5-7-15)11-23-19(24)21(3,22-20(23)25)16-8-9-17-18(10-16)27-12-26-17/h4-10,13H,11-12H2,1-3H3,(H,22,25)/t21-/m1/s1. The van der Waals surface area contributed by atoms with E-state index in [-0.39, 0.29) is 19.2 Å². The van der Waals surface area contributed by atoms with Gasteiger partial charge in [-0.2, -0.15) is 0 Å². The molecule has 1 atom stereocenters.